The summed E-state index contributed by atoms with van der Waals surface area (Å²) >= 11 is 0. The number of hydrogen-bond acceptors (Lipinski definition) is 5. The zero-order chi connectivity index (χ0) is 22.0. The molecule has 0 unspecified atom stereocenters. The molecule has 158 valence electrons. The van der Waals surface area contributed by atoms with E-state index in [1.165, 1.54) is 31.5 Å². The predicted octanol–water partition coefficient (Wildman–Crippen LogP) is 5.15. The lowest BCUT2D eigenvalue weighted by atomic mass is 10.0. The molecule has 0 spiro atoms. The van der Waals surface area contributed by atoms with Crippen LogP contribution in [0.5, 0.6) is 5.75 Å². The number of ether oxygens (including phenoxy) is 1. The fraction of sp³-hybridized carbons (Fsp3) is 0.125. The summed E-state index contributed by atoms with van der Waals surface area (Å²) in [5.74, 6) is 0.524. The minimum absolute atomic E-state index is 0.186. The second kappa shape index (κ2) is 8.35. The van der Waals surface area contributed by atoms with Gasteiger partial charge in [0.2, 0.25) is 0 Å². The summed E-state index contributed by atoms with van der Waals surface area (Å²) in [5, 5.41) is 0. The van der Waals surface area contributed by atoms with Crippen LogP contribution in [0.25, 0.3) is 22.5 Å². The van der Waals surface area contributed by atoms with Gasteiger partial charge in [-0.05, 0) is 41.0 Å². The Morgan fingerprint density at radius 2 is 1.71 bits per heavy atom. The molecule has 0 bridgehead atoms. The average Bonchev–Trinajstić information content (AvgIpc) is 3.21. The number of methoxy groups -OCH3 is 1. The van der Waals surface area contributed by atoms with Crippen molar-refractivity contribution in [2.75, 3.05) is 13.4 Å². The number of nitrogens with zero attached hydrogens (tertiary/aromatic N) is 1. The topological polar surface area (TPSA) is 69.4 Å². The molecule has 0 radical (unpaired) electrons. The first-order valence-electron chi connectivity index (χ1n) is 9.52. The monoisotopic (exact) mass is 437 g/mol. The minimum atomic E-state index is -3.30. The summed E-state index contributed by atoms with van der Waals surface area (Å²) in [4.78, 5) is 4.47. The number of rotatable bonds is 6. The van der Waals surface area contributed by atoms with Gasteiger partial charge < -0.3 is 9.15 Å². The maximum absolute atomic E-state index is 15.1. The van der Waals surface area contributed by atoms with Crippen molar-refractivity contribution in [1.82, 2.24) is 4.98 Å². The average molecular weight is 437 g/mol. The van der Waals surface area contributed by atoms with Gasteiger partial charge in [0.25, 0.3) is 0 Å². The van der Waals surface area contributed by atoms with E-state index in [0.717, 1.165) is 11.8 Å². The van der Waals surface area contributed by atoms with E-state index in [9.17, 15) is 8.42 Å². The summed E-state index contributed by atoms with van der Waals surface area (Å²) in [5.41, 5.74) is 2.45. The van der Waals surface area contributed by atoms with E-state index in [2.05, 4.69) is 4.98 Å². The molecule has 0 aliphatic carbocycles. The normalized spacial score (nSPS) is 11.5. The Morgan fingerprint density at radius 3 is 2.35 bits per heavy atom. The predicted molar refractivity (Wildman–Crippen MR) is 116 cm³/mol. The zero-order valence-corrected chi connectivity index (χ0v) is 17.8. The zero-order valence-electron chi connectivity index (χ0n) is 17.0. The van der Waals surface area contributed by atoms with Crippen molar-refractivity contribution < 1.29 is 22.0 Å². The third-order valence-electron chi connectivity index (χ3n) is 4.89. The quantitative estimate of drug-likeness (QED) is 0.417. The smallest absolute Gasteiger partial charge is 0.199 e. The maximum atomic E-state index is 15.1. The first kappa shape index (κ1) is 20.8. The largest absolute Gasteiger partial charge is 0.496 e. The van der Waals surface area contributed by atoms with E-state index in [4.69, 9.17) is 9.15 Å². The number of hydrogen-bond donors (Lipinski definition) is 0. The van der Waals surface area contributed by atoms with Crippen LogP contribution < -0.4 is 4.74 Å². The molecule has 1 heterocycles. The summed E-state index contributed by atoms with van der Waals surface area (Å²) in [6.45, 7) is 0. The van der Waals surface area contributed by atoms with Gasteiger partial charge in [0.05, 0.1) is 23.8 Å². The van der Waals surface area contributed by atoms with Crippen molar-refractivity contribution in [2.45, 2.75) is 11.3 Å². The minimum Gasteiger partial charge on any atom is -0.496 e. The Balaban J connectivity index is 1.67. The Morgan fingerprint density at radius 1 is 1.00 bits per heavy atom. The Bertz CT molecular complexity index is 1310. The van der Waals surface area contributed by atoms with Gasteiger partial charge in [0.1, 0.15) is 11.6 Å². The molecule has 5 nitrogen and oxygen atoms in total. The van der Waals surface area contributed by atoms with Crippen LogP contribution in [0.1, 0.15) is 11.5 Å². The third-order valence-corrected chi connectivity index (χ3v) is 6.02. The van der Waals surface area contributed by atoms with Crippen LogP contribution in [0, 0.1) is 5.82 Å². The van der Waals surface area contributed by atoms with Gasteiger partial charge in [0, 0.05) is 12.7 Å². The van der Waals surface area contributed by atoms with Crippen LogP contribution in [-0.4, -0.2) is 26.8 Å². The van der Waals surface area contributed by atoms with Crippen molar-refractivity contribution in [3.8, 4) is 28.2 Å². The third kappa shape index (κ3) is 4.51. The standard InChI is InChI=1S/C24H20FNO4S/c1-29-21-14-18(17-8-10-19(11-9-17)31(2,27)28)13-20(25)24(21)22-15-26-23(30-22)12-16-6-4-3-5-7-16/h3-11,13-15H,12H2,1-2H3. The number of sulfone groups is 1. The van der Waals surface area contributed by atoms with Gasteiger partial charge in [0.15, 0.2) is 21.5 Å². The Labute approximate surface area is 180 Å². The molecule has 0 amide bonds. The molecule has 0 fully saturated rings. The molecule has 4 aromatic rings. The van der Waals surface area contributed by atoms with E-state index in [0.29, 0.717) is 29.2 Å². The van der Waals surface area contributed by atoms with E-state index in [1.54, 1.807) is 18.2 Å². The maximum Gasteiger partial charge on any atom is 0.199 e. The Hall–Kier alpha value is -3.45. The number of benzene rings is 3. The lowest BCUT2D eigenvalue weighted by Crippen LogP contribution is -1.97. The van der Waals surface area contributed by atoms with Crippen molar-refractivity contribution >= 4 is 9.84 Å². The van der Waals surface area contributed by atoms with Crippen LogP contribution in [0.3, 0.4) is 0 Å². The lowest BCUT2D eigenvalue weighted by molar-refractivity contribution is 0.410. The van der Waals surface area contributed by atoms with Gasteiger partial charge >= 0.3 is 0 Å². The van der Waals surface area contributed by atoms with Crippen LogP contribution in [0.15, 0.2) is 82.2 Å². The second-order valence-electron chi connectivity index (χ2n) is 7.11. The highest BCUT2D eigenvalue weighted by atomic mass is 32.2. The molecule has 1 aromatic heterocycles. The highest BCUT2D eigenvalue weighted by molar-refractivity contribution is 7.90. The SMILES string of the molecule is COc1cc(-c2ccc(S(C)(=O)=O)cc2)cc(F)c1-c1cnc(Cc2ccccc2)o1. The van der Waals surface area contributed by atoms with Crippen molar-refractivity contribution in [3.05, 3.63) is 90.2 Å². The van der Waals surface area contributed by atoms with Gasteiger partial charge in [-0.1, -0.05) is 42.5 Å². The fourth-order valence-electron chi connectivity index (χ4n) is 3.32. The van der Waals surface area contributed by atoms with E-state index in [1.807, 2.05) is 30.3 Å². The first-order valence-corrected chi connectivity index (χ1v) is 11.4. The van der Waals surface area contributed by atoms with Gasteiger partial charge in [-0.15, -0.1) is 0 Å². The summed E-state index contributed by atoms with van der Waals surface area (Å²) in [6.07, 6.45) is 3.12. The molecule has 0 atom stereocenters. The van der Waals surface area contributed by atoms with E-state index < -0.39 is 15.7 Å². The van der Waals surface area contributed by atoms with E-state index in [-0.39, 0.29) is 16.2 Å². The molecule has 7 heteroatoms. The molecular weight excluding hydrogens is 417 g/mol. The van der Waals surface area contributed by atoms with Crippen LogP contribution >= 0.6 is 0 Å². The molecule has 3 aromatic carbocycles. The van der Waals surface area contributed by atoms with Crippen LogP contribution in [-0.2, 0) is 16.3 Å². The molecular formula is C24H20FNO4S. The number of halogens is 1. The second-order valence-corrected chi connectivity index (χ2v) is 9.13. The lowest BCUT2D eigenvalue weighted by Gasteiger charge is -2.11. The van der Waals surface area contributed by atoms with Crippen LogP contribution in [0.2, 0.25) is 0 Å². The summed E-state index contributed by atoms with van der Waals surface area (Å²) in [6, 6.07) is 19.1. The molecule has 4 rings (SSSR count). The fourth-order valence-corrected chi connectivity index (χ4v) is 3.95. The highest BCUT2D eigenvalue weighted by Gasteiger charge is 2.19. The number of aromatic nitrogens is 1. The molecule has 0 aliphatic heterocycles. The molecule has 0 saturated carbocycles. The summed E-state index contributed by atoms with van der Waals surface area (Å²) < 4.78 is 49.6. The number of oxazole rings is 1. The molecule has 0 saturated heterocycles. The van der Waals surface area contributed by atoms with Gasteiger partial charge in [-0.2, -0.15) is 0 Å². The van der Waals surface area contributed by atoms with E-state index >= 15 is 4.39 Å². The van der Waals surface area contributed by atoms with Crippen molar-refractivity contribution in [2.24, 2.45) is 0 Å². The first-order chi connectivity index (χ1) is 14.8. The van der Waals surface area contributed by atoms with Gasteiger partial charge in [-0.25, -0.2) is 17.8 Å². The van der Waals surface area contributed by atoms with Crippen molar-refractivity contribution in [3.63, 3.8) is 0 Å². The van der Waals surface area contributed by atoms with Gasteiger partial charge in [-0.3, -0.25) is 0 Å². The molecule has 31 heavy (non-hydrogen) atoms. The van der Waals surface area contributed by atoms with Crippen molar-refractivity contribution in [1.29, 1.82) is 0 Å². The van der Waals surface area contributed by atoms with Crippen LogP contribution in [0.4, 0.5) is 4.39 Å². The molecule has 0 N–H and O–H groups in total. The highest BCUT2D eigenvalue weighted by Crippen LogP contribution is 2.37. The molecule has 0 aliphatic rings. The summed E-state index contributed by atoms with van der Waals surface area (Å²) in [7, 11) is -1.85. The Kier molecular flexibility index (Phi) is 5.61.